The van der Waals surface area contributed by atoms with Crippen molar-refractivity contribution in [1.82, 2.24) is 10.3 Å². The van der Waals surface area contributed by atoms with E-state index in [0.29, 0.717) is 13.0 Å². The Morgan fingerprint density at radius 3 is 2.31 bits per heavy atom. The van der Waals surface area contributed by atoms with Crippen molar-refractivity contribution in [1.29, 1.82) is 0 Å². The Hall–Kier alpha value is -2.86. The van der Waals surface area contributed by atoms with Gasteiger partial charge >= 0.3 is 6.09 Å². The van der Waals surface area contributed by atoms with Crippen LogP contribution in [-0.4, -0.2) is 36.1 Å². The van der Waals surface area contributed by atoms with Gasteiger partial charge in [-0.15, -0.1) is 0 Å². The van der Waals surface area contributed by atoms with Crippen molar-refractivity contribution in [3.05, 3.63) is 59.7 Å². The van der Waals surface area contributed by atoms with Gasteiger partial charge in [-0.3, -0.25) is 15.1 Å². The average Bonchev–Trinajstić information content (AvgIpc) is 3.29. The number of benzene rings is 2. The van der Waals surface area contributed by atoms with Crippen LogP contribution in [0.3, 0.4) is 0 Å². The first-order valence-electron chi connectivity index (χ1n) is 8.82. The monoisotopic (exact) mass is 351 g/mol. The molecule has 1 heterocycles. The molecule has 1 aliphatic heterocycles. The molecule has 0 aromatic heterocycles. The third-order valence-corrected chi connectivity index (χ3v) is 5.27. The highest BCUT2D eigenvalue weighted by Gasteiger charge is 2.36. The summed E-state index contributed by atoms with van der Waals surface area (Å²) in [4.78, 5) is 25.8. The van der Waals surface area contributed by atoms with Crippen molar-refractivity contribution in [2.24, 2.45) is 5.84 Å². The van der Waals surface area contributed by atoms with Crippen LogP contribution in [0, 0.1) is 0 Å². The lowest BCUT2D eigenvalue weighted by Crippen LogP contribution is -2.48. The molecule has 3 N–H and O–H groups in total. The lowest BCUT2D eigenvalue weighted by atomic mass is 9.98. The molecule has 1 atom stereocenters. The molecule has 26 heavy (non-hydrogen) atoms. The van der Waals surface area contributed by atoms with E-state index >= 15 is 0 Å². The summed E-state index contributed by atoms with van der Waals surface area (Å²) >= 11 is 0. The molecule has 6 heteroatoms. The Bertz CT molecular complexity index is 806. The molecule has 2 aromatic carbocycles. The van der Waals surface area contributed by atoms with E-state index in [0.717, 1.165) is 6.42 Å². The van der Waals surface area contributed by atoms with Crippen molar-refractivity contribution in [3.63, 3.8) is 0 Å². The number of amides is 2. The van der Waals surface area contributed by atoms with E-state index in [2.05, 4.69) is 29.7 Å². The van der Waals surface area contributed by atoms with Gasteiger partial charge in [-0.1, -0.05) is 48.5 Å². The highest BCUT2D eigenvalue weighted by atomic mass is 16.6. The van der Waals surface area contributed by atoms with Gasteiger partial charge in [0.2, 0.25) is 0 Å². The molecule has 6 nitrogen and oxygen atoms in total. The second kappa shape index (κ2) is 6.80. The minimum Gasteiger partial charge on any atom is -0.448 e. The zero-order valence-electron chi connectivity index (χ0n) is 14.4. The number of fused-ring (bicyclic) bond motifs is 3. The predicted octanol–water partition coefficient (Wildman–Crippen LogP) is 2.39. The second-order valence-corrected chi connectivity index (χ2v) is 6.66. The van der Waals surface area contributed by atoms with Crippen LogP contribution in [0.2, 0.25) is 0 Å². The van der Waals surface area contributed by atoms with Crippen molar-refractivity contribution < 1.29 is 14.3 Å². The number of ether oxygens (including phenoxy) is 1. The molecule has 1 fully saturated rings. The van der Waals surface area contributed by atoms with Gasteiger partial charge in [0.05, 0.1) is 0 Å². The van der Waals surface area contributed by atoms with Crippen molar-refractivity contribution >= 4 is 12.0 Å². The molecular formula is C20H21N3O3. The number of likely N-dealkylation sites (tertiary alicyclic amines) is 1. The van der Waals surface area contributed by atoms with Crippen LogP contribution in [0.4, 0.5) is 4.79 Å². The molecule has 1 aliphatic carbocycles. The molecule has 0 spiro atoms. The summed E-state index contributed by atoms with van der Waals surface area (Å²) in [5.74, 6) is 4.87. The van der Waals surface area contributed by atoms with Crippen molar-refractivity contribution in [2.75, 3.05) is 13.2 Å². The molecule has 2 amide bonds. The molecule has 1 saturated heterocycles. The van der Waals surface area contributed by atoms with Gasteiger partial charge in [-0.2, -0.15) is 0 Å². The number of nitrogens with zero attached hydrogens (tertiary/aromatic N) is 1. The Kier molecular flexibility index (Phi) is 4.34. The van der Waals surface area contributed by atoms with Crippen LogP contribution in [0.25, 0.3) is 11.1 Å². The van der Waals surface area contributed by atoms with E-state index in [-0.39, 0.29) is 18.4 Å². The van der Waals surface area contributed by atoms with Crippen LogP contribution in [0.1, 0.15) is 29.9 Å². The fourth-order valence-corrected chi connectivity index (χ4v) is 4.03. The third-order valence-electron chi connectivity index (χ3n) is 5.27. The molecule has 4 rings (SSSR count). The number of hydrazine groups is 1. The first-order valence-corrected chi connectivity index (χ1v) is 8.82. The zero-order chi connectivity index (χ0) is 18.1. The maximum atomic E-state index is 12.5. The van der Waals surface area contributed by atoms with Crippen LogP contribution < -0.4 is 11.3 Å². The molecule has 0 bridgehead atoms. The molecule has 2 aromatic rings. The Morgan fingerprint density at radius 2 is 1.69 bits per heavy atom. The normalized spacial score (nSPS) is 18.3. The van der Waals surface area contributed by atoms with Crippen LogP contribution in [0.15, 0.2) is 48.5 Å². The lowest BCUT2D eigenvalue weighted by Gasteiger charge is -2.23. The van der Waals surface area contributed by atoms with Crippen LogP contribution >= 0.6 is 0 Å². The second-order valence-electron chi connectivity index (χ2n) is 6.66. The number of nitrogens with one attached hydrogen (secondary N) is 1. The van der Waals surface area contributed by atoms with E-state index in [1.807, 2.05) is 24.3 Å². The summed E-state index contributed by atoms with van der Waals surface area (Å²) < 4.78 is 5.61. The zero-order valence-corrected chi connectivity index (χ0v) is 14.4. The largest absolute Gasteiger partial charge is 0.448 e. The lowest BCUT2D eigenvalue weighted by molar-refractivity contribution is -0.125. The van der Waals surface area contributed by atoms with E-state index in [1.165, 1.54) is 27.2 Å². The van der Waals surface area contributed by atoms with Crippen LogP contribution in [0.5, 0.6) is 0 Å². The van der Waals surface area contributed by atoms with Crippen LogP contribution in [-0.2, 0) is 9.53 Å². The van der Waals surface area contributed by atoms with Gasteiger partial charge in [0, 0.05) is 12.5 Å². The fraction of sp³-hybridized carbons (Fsp3) is 0.300. The summed E-state index contributed by atoms with van der Waals surface area (Å²) in [6, 6.07) is 15.8. The number of rotatable bonds is 3. The average molecular weight is 351 g/mol. The van der Waals surface area contributed by atoms with Gasteiger partial charge in [0.15, 0.2) is 0 Å². The Labute approximate surface area is 151 Å². The van der Waals surface area contributed by atoms with Crippen molar-refractivity contribution in [2.45, 2.75) is 24.8 Å². The van der Waals surface area contributed by atoms with Gasteiger partial charge in [0.1, 0.15) is 12.6 Å². The quantitative estimate of drug-likeness (QED) is 0.505. The molecule has 2 aliphatic rings. The summed E-state index contributed by atoms with van der Waals surface area (Å²) in [5.41, 5.74) is 6.83. The number of carbonyl (C=O) groups excluding carboxylic acids is 2. The van der Waals surface area contributed by atoms with E-state index in [9.17, 15) is 9.59 Å². The Morgan fingerprint density at radius 1 is 1.08 bits per heavy atom. The first-order chi connectivity index (χ1) is 12.7. The molecular weight excluding hydrogens is 330 g/mol. The SMILES string of the molecule is NNC(=O)[C@@H]1CCCN1C(=O)OCC1c2ccccc2-c2ccccc21. The van der Waals surface area contributed by atoms with Gasteiger partial charge in [-0.25, -0.2) is 10.6 Å². The Balaban J connectivity index is 1.51. The predicted molar refractivity (Wildman–Crippen MR) is 97.1 cm³/mol. The topological polar surface area (TPSA) is 84.7 Å². The minimum atomic E-state index is -0.546. The van der Waals surface area contributed by atoms with E-state index < -0.39 is 12.1 Å². The molecule has 0 unspecified atom stereocenters. The summed E-state index contributed by atoms with van der Waals surface area (Å²) in [6.07, 6.45) is 0.910. The smallest absolute Gasteiger partial charge is 0.410 e. The number of hydrogen-bond acceptors (Lipinski definition) is 4. The third kappa shape index (κ3) is 2.72. The number of nitrogens with two attached hydrogens (primary N) is 1. The van der Waals surface area contributed by atoms with Gasteiger partial charge in [0.25, 0.3) is 5.91 Å². The number of hydrogen-bond donors (Lipinski definition) is 2. The molecule has 0 saturated carbocycles. The summed E-state index contributed by atoms with van der Waals surface area (Å²) in [6.45, 7) is 0.759. The molecule has 0 radical (unpaired) electrons. The molecule has 134 valence electrons. The maximum absolute atomic E-state index is 12.5. The van der Waals surface area contributed by atoms with E-state index in [1.54, 1.807) is 0 Å². The van der Waals surface area contributed by atoms with Gasteiger partial charge in [-0.05, 0) is 35.1 Å². The first kappa shape index (κ1) is 16.6. The number of carbonyl (C=O) groups is 2. The van der Waals surface area contributed by atoms with E-state index in [4.69, 9.17) is 10.6 Å². The summed E-state index contributed by atoms with van der Waals surface area (Å²) in [7, 11) is 0. The fourth-order valence-electron chi connectivity index (χ4n) is 4.03. The standard InChI is InChI=1S/C20H21N3O3/c21-22-19(24)18-10-5-11-23(18)20(25)26-12-17-15-8-3-1-6-13(15)14-7-2-4-9-16(14)17/h1-4,6-9,17-18H,5,10-12,21H2,(H,22,24)/t18-/m0/s1. The highest BCUT2D eigenvalue weighted by Crippen LogP contribution is 2.44. The minimum absolute atomic E-state index is 0.00994. The van der Waals surface area contributed by atoms with Gasteiger partial charge < -0.3 is 4.74 Å². The summed E-state index contributed by atoms with van der Waals surface area (Å²) in [5, 5.41) is 0. The highest BCUT2D eigenvalue weighted by molar-refractivity contribution is 5.86. The van der Waals surface area contributed by atoms with Crippen molar-refractivity contribution in [3.8, 4) is 11.1 Å². The maximum Gasteiger partial charge on any atom is 0.410 e.